The molecule has 0 radical (unpaired) electrons. The summed E-state index contributed by atoms with van der Waals surface area (Å²) in [4.78, 5) is 23.9. The van der Waals surface area contributed by atoms with Gasteiger partial charge >= 0.3 is 0 Å². The second-order valence-corrected chi connectivity index (χ2v) is 9.96. The quantitative estimate of drug-likeness (QED) is 0.177. The topological polar surface area (TPSA) is 36.9 Å². The van der Waals surface area contributed by atoms with Gasteiger partial charge in [-0.05, 0) is 67.2 Å². The lowest BCUT2D eigenvalue weighted by Gasteiger charge is -2.51. The summed E-state index contributed by atoms with van der Waals surface area (Å²) in [7, 11) is 0. The summed E-state index contributed by atoms with van der Waals surface area (Å²) >= 11 is 0. The second kappa shape index (κ2) is 9.86. The normalized spacial score (nSPS) is 24.0. The molecule has 0 saturated heterocycles. The molecule has 4 nitrogen and oxygen atoms in total. The highest BCUT2D eigenvalue weighted by Crippen LogP contribution is 2.53. The summed E-state index contributed by atoms with van der Waals surface area (Å²) in [6.45, 7) is 16.5. The fraction of sp³-hybridized carbons (Fsp3) is 1.00. The minimum absolute atomic E-state index is 0.0739. The van der Waals surface area contributed by atoms with Crippen molar-refractivity contribution >= 4 is 0 Å². The van der Waals surface area contributed by atoms with Gasteiger partial charge in [0.2, 0.25) is 5.79 Å². The molecule has 26 heavy (non-hydrogen) atoms. The summed E-state index contributed by atoms with van der Waals surface area (Å²) < 4.78 is 0. The van der Waals surface area contributed by atoms with Crippen LogP contribution in [-0.4, -0.2) is 17.0 Å². The fourth-order valence-corrected chi connectivity index (χ4v) is 3.76. The third kappa shape index (κ3) is 7.10. The van der Waals surface area contributed by atoms with Crippen molar-refractivity contribution in [1.82, 2.24) is 0 Å². The van der Waals surface area contributed by atoms with Crippen LogP contribution in [0.25, 0.3) is 0 Å². The predicted molar refractivity (Wildman–Crippen MR) is 107 cm³/mol. The van der Waals surface area contributed by atoms with Crippen molar-refractivity contribution in [2.45, 2.75) is 137 Å². The minimum Gasteiger partial charge on any atom is -0.228 e. The van der Waals surface area contributed by atoms with Crippen LogP contribution in [0, 0.1) is 5.41 Å². The highest BCUT2D eigenvalue weighted by Gasteiger charge is 2.57. The van der Waals surface area contributed by atoms with E-state index < -0.39 is 17.0 Å². The number of rotatable bonds is 10. The van der Waals surface area contributed by atoms with E-state index in [2.05, 4.69) is 13.8 Å². The first-order valence-corrected chi connectivity index (χ1v) is 10.7. The fourth-order valence-electron chi connectivity index (χ4n) is 3.76. The molecule has 0 aromatic rings. The molecule has 1 aliphatic carbocycles. The highest BCUT2D eigenvalue weighted by molar-refractivity contribution is 4.96. The smallest absolute Gasteiger partial charge is 0.228 e. The maximum atomic E-state index is 6.15. The van der Waals surface area contributed by atoms with Crippen molar-refractivity contribution in [2.24, 2.45) is 5.41 Å². The lowest BCUT2D eigenvalue weighted by molar-refractivity contribution is -0.569. The van der Waals surface area contributed by atoms with Gasteiger partial charge in [-0.3, -0.25) is 0 Å². The van der Waals surface area contributed by atoms with Gasteiger partial charge in [-0.15, -0.1) is 0 Å². The molecule has 0 bridgehead atoms. The summed E-state index contributed by atoms with van der Waals surface area (Å²) in [5.74, 6) is -0.841. The molecule has 156 valence electrons. The van der Waals surface area contributed by atoms with E-state index in [4.69, 9.17) is 19.6 Å². The van der Waals surface area contributed by atoms with Crippen LogP contribution in [0.3, 0.4) is 0 Å². The molecule has 1 atom stereocenters. The van der Waals surface area contributed by atoms with Crippen LogP contribution in [0.1, 0.15) is 120 Å². The van der Waals surface area contributed by atoms with Gasteiger partial charge in [0.15, 0.2) is 0 Å². The Morgan fingerprint density at radius 2 is 1.27 bits per heavy atom. The van der Waals surface area contributed by atoms with Crippen LogP contribution in [0.5, 0.6) is 0 Å². The molecule has 0 aromatic carbocycles. The molecule has 1 aliphatic rings. The second-order valence-electron chi connectivity index (χ2n) is 9.96. The molecule has 0 aliphatic heterocycles. The van der Waals surface area contributed by atoms with Crippen molar-refractivity contribution in [2.75, 3.05) is 0 Å². The molecule has 0 spiro atoms. The first-order valence-electron chi connectivity index (χ1n) is 10.7. The van der Waals surface area contributed by atoms with E-state index in [1.54, 1.807) is 0 Å². The Morgan fingerprint density at radius 3 is 1.73 bits per heavy atom. The van der Waals surface area contributed by atoms with Gasteiger partial charge in [0.1, 0.15) is 0 Å². The summed E-state index contributed by atoms with van der Waals surface area (Å²) in [5.41, 5.74) is -0.857. The van der Waals surface area contributed by atoms with Crippen molar-refractivity contribution in [3.63, 3.8) is 0 Å². The Hall–Kier alpha value is -0.160. The molecule has 0 N–H and O–H groups in total. The average Bonchev–Trinajstić information content (AvgIpc) is 2.55. The van der Waals surface area contributed by atoms with Crippen LogP contribution in [0.4, 0.5) is 0 Å². The Kier molecular flexibility index (Phi) is 9.06. The van der Waals surface area contributed by atoms with E-state index in [1.807, 2.05) is 41.5 Å². The molecular formula is C22H44O4. The van der Waals surface area contributed by atoms with E-state index in [9.17, 15) is 0 Å². The molecule has 1 rings (SSSR count). The van der Waals surface area contributed by atoms with E-state index in [0.717, 1.165) is 32.1 Å². The van der Waals surface area contributed by atoms with Gasteiger partial charge in [0.05, 0.1) is 11.2 Å². The van der Waals surface area contributed by atoms with Crippen molar-refractivity contribution in [1.29, 1.82) is 0 Å². The number of hydrogen-bond donors (Lipinski definition) is 0. The monoisotopic (exact) mass is 372 g/mol. The zero-order chi connectivity index (χ0) is 19.9. The Balaban J connectivity index is 3.06. The Labute approximate surface area is 162 Å². The largest absolute Gasteiger partial charge is 0.239 e. The molecule has 1 unspecified atom stereocenters. The van der Waals surface area contributed by atoms with Crippen LogP contribution in [0.2, 0.25) is 0 Å². The first-order chi connectivity index (χ1) is 12.0. The van der Waals surface area contributed by atoms with Gasteiger partial charge < -0.3 is 0 Å². The lowest BCUT2D eigenvalue weighted by atomic mass is 9.64. The van der Waals surface area contributed by atoms with Crippen LogP contribution in [-0.2, 0) is 19.6 Å². The third-order valence-corrected chi connectivity index (χ3v) is 5.26. The predicted octanol–water partition coefficient (Wildman–Crippen LogP) is 7.12. The lowest BCUT2D eigenvalue weighted by Crippen LogP contribution is -2.56. The number of hydrogen-bond acceptors (Lipinski definition) is 4. The summed E-state index contributed by atoms with van der Waals surface area (Å²) in [5, 5.41) is 0. The molecule has 0 aromatic heterocycles. The standard InChI is InChI=1S/C22H44O4/c1-9-11-12-13-16-21(10-2)17-14-15-18-22(21,25-23-19(3,4)5)26-24-20(6,7)8/h9-18H2,1-8H3. The van der Waals surface area contributed by atoms with E-state index in [-0.39, 0.29) is 5.41 Å². The van der Waals surface area contributed by atoms with Gasteiger partial charge in [-0.1, -0.05) is 46.0 Å². The van der Waals surface area contributed by atoms with Crippen LogP contribution >= 0.6 is 0 Å². The average molecular weight is 373 g/mol. The van der Waals surface area contributed by atoms with Gasteiger partial charge in [-0.2, -0.15) is 9.78 Å². The van der Waals surface area contributed by atoms with E-state index in [0.29, 0.717) is 0 Å². The molecule has 0 heterocycles. The van der Waals surface area contributed by atoms with Crippen LogP contribution in [0.15, 0.2) is 0 Å². The summed E-state index contributed by atoms with van der Waals surface area (Å²) in [6.07, 6.45) is 11.2. The zero-order valence-electron chi connectivity index (χ0n) is 18.7. The SMILES string of the molecule is CCCCCCC1(CC)CCCCC1(OOC(C)(C)C)OOC(C)(C)C. The minimum atomic E-state index is -0.841. The van der Waals surface area contributed by atoms with Crippen molar-refractivity contribution in [3.05, 3.63) is 0 Å². The summed E-state index contributed by atoms with van der Waals surface area (Å²) in [6, 6.07) is 0. The van der Waals surface area contributed by atoms with Crippen molar-refractivity contribution < 1.29 is 19.6 Å². The van der Waals surface area contributed by atoms with E-state index >= 15 is 0 Å². The Morgan fingerprint density at radius 1 is 0.731 bits per heavy atom. The Bertz CT molecular complexity index is 376. The molecular weight excluding hydrogens is 328 g/mol. The molecule has 4 heteroatoms. The molecule has 1 fully saturated rings. The first kappa shape index (κ1) is 23.9. The van der Waals surface area contributed by atoms with Gasteiger partial charge in [-0.25, -0.2) is 9.78 Å². The highest BCUT2D eigenvalue weighted by atomic mass is 17.3. The van der Waals surface area contributed by atoms with Gasteiger partial charge in [0.25, 0.3) is 0 Å². The molecule has 1 saturated carbocycles. The molecule has 0 amide bonds. The third-order valence-electron chi connectivity index (χ3n) is 5.26. The van der Waals surface area contributed by atoms with Crippen molar-refractivity contribution in [3.8, 4) is 0 Å². The van der Waals surface area contributed by atoms with Crippen LogP contribution < -0.4 is 0 Å². The zero-order valence-corrected chi connectivity index (χ0v) is 18.7. The maximum Gasteiger partial charge on any atom is 0.239 e. The number of unbranched alkanes of at least 4 members (excludes halogenated alkanes) is 3. The van der Waals surface area contributed by atoms with Gasteiger partial charge in [0, 0.05) is 11.8 Å². The van der Waals surface area contributed by atoms with E-state index in [1.165, 1.54) is 32.1 Å². The maximum absolute atomic E-state index is 6.15.